The van der Waals surface area contributed by atoms with Crippen LogP contribution in [0.25, 0.3) is 11.3 Å². The van der Waals surface area contributed by atoms with Crippen molar-refractivity contribution in [3.63, 3.8) is 0 Å². The molecule has 0 unspecified atom stereocenters. The van der Waals surface area contributed by atoms with Crippen LogP contribution in [-0.4, -0.2) is 63.0 Å². The second-order valence-corrected chi connectivity index (χ2v) is 8.11. The molecule has 0 saturated carbocycles. The molecule has 9 heteroatoms. The van der Waals surface area contributed by atoms with Crippen molar-refractivity contribution < 1.29 is 19.4 Å². The van der Waals surface area contributed by atoms with E-state index >= 15 is 0 Å². The first-order chi connectivity index (χ1) is 16.1. The van der Waals surface area contributed by atoms with Gasteiger partial charge in [-0.25, -0.2) is 0 Å². The molecule has 1 fully saturated rings. The van der Waals surface area contributed by atoms with E-state index in [9.17, 15) is 9.90 Å². The maximum Gasteiger partial charge on any atom is 0.226 e. The molecule has 3 aromatic rings. The van der Waals surface area contributed by atoms with E-state index in [1.807, 2.05) is 48.7 Å². The lowest BCUT2D eigenvalue weighted by Gasteiger charge is -2.36. The predicted octanol–water partition coefficient (Wildman–Crippen LogP) is 2.01. The molecule has 33 heavy (non-hydrogen) atoms. The number of benzene rings is 1. The third-order valence-corrected chi connectivity index (χ3v) is 5.81. The van der Waals surface area contributed by atoms with Crippen LogP contribution in [-0.2, 0) is 22.5 Å². The number of hydrogen-bond acceptors (Lipinski definition) is 7. The minimum Gasteiger partial charge on any atom is -0.497 e. The first kappa shape index (κ1) is 22.9. The molecule has 1 aromatic carbocycles. The van der Waals surface area contributed by atoms with Crippen molar-refractivity contribution in [2.45, 2.75) is 50.5 Å². The molecule has 0 spiro atoms. The topological polar surface area (TPSA) is 111 Å². The van der Waals surface area contributed by atoms with Gasteiger partial charge >= 0.3 is 0 Å². The molecule has 1 aliphatic heterocycles. The number of ether oxygens (including phenoxy) is 2. The fourth-order valence-electron chi connectivity index (χ4n) is 4.01. The Morgan fingerprint density at radius 2 is 2.09 bits per heavy atom. The highest BCUT2D eigenvalue weighted by Crippen LogP contribution is 2.23. The van der Waals surface area contributed by atoms with E-state index in [-0.39, 0.29) is 31.1 Å². The van der Waals surface area contributed by atoms with E-state index in [0.29, 0.717) is 12.2 Å². The van der Waals surface area contributed by atoms with Crippen LogP contribution in [0.4, 0.5) is 0 Å². The summed E-state index contributed by atoms with van der Waals surface area (Å²) < 4.78 is 13.1. The molecule has 1 amide bonds. The van der Waals surface area contributed by atoms with Gasteiger partial charge in [-0.1, -0.05) is 11.3 Å². The van der Waals surface area contributed by atoms with Crippen LogP contribution in [0.2, 0.25) is 0 Å². The number of pyridine rings is 1. The summed E-state index contributed by atoms with van der Waals surface area (Å²) in [7, 11) is 1.64. The van der Waals surface area contributed by atoms with Gasteiger partial charge in [-0.05, 0) is 55.7 Å². The normalized spacial score (nSPS) is 20.4. The first-order valence-corrected chi connectivity index (χ1v) is 11.1. The number of hydrogen-bond donors (Lipinski definition) is 2. The molecule has 174 valence electrons. The zero-order valence-corrected chi connectivity index (χ0v) is 18.6. The van der Waals surface area contributed by atoms with E-state index in [4.69, 9.17) is 9.47 Å². The van der Waals surface area contributed by atoms with Gasteiger partial charge in [0.25, 0.3) is 0 Å². The van der Waals surface area contributed by atoms with E-state index in [2.05, 4.69) is 20.6 Å². The number of nitrogens with zero attached hydrogens (tertiary/aromatic N) is 4. The number of methoxy groups -OCH3 is 1. The molecule has 3 heterocycles. The number of aromatic nitrogens is 4. The van der Waals surface area contributed by atoms with Crippen LogP contribution in [0, 0.1) is 0 Å². The summed E-state index contributed by atoms with van der Waals surface area (Å²) in [6.45, 7) is 0.513. The molecule has 1 saturated heterocycles. The highest BCUT2D eigenvalue weighted by Gasteiger charge is 2.31. The molecule has 2 N–H and O–H groups in total. The predicted molar refractivity (Wildman–Crippen MR) is 121 cm³/mol. The maximum absolute atomic E-state index is 12.4. The van der Waals surface area contributed by atoms with Gasteiger partial charge in [0, 0.05) is 24.0 Å². The van der Waals surface area contributed by atoms with Gasteiger partial charge in [0.2, 0.25) is 5.91 Å². The van der Waals surface area contributed by atoms with Crippen molar-refractivity contribution >= 4 is 5.91 Å². The fourth-order valence-corrected chi connectivity index (χ4v) is 4.01. The van der Waals surface area contributed by atoms with Crippen molar-refractivity contribution in [3.05, 3.63) is 60.6 Å². The minimum atomic E-state index is -0.429. The Labute approximate surface area is 192 Å². The Bertz CT molecular complexity index is 1020. The Morgan fingerprint density at radius 1 is 1.24 bits per heavy atom. The smallest absolute Gasteiger partial charge is 0.226 e. The van der Waals surface area contributed by atoms with Crippen LogP contribution < -0.4 is 10.1 Å². The molecule has 9 nitrogen and oxygen atoms in total. The van der Waals surface area contributed by atoms with Gasteiger partial charge in [-0.3, -0.25) is 14.5 Å². The van der Waals surface area contributed by atoms with Crippen LogP contribution in [0.5, 0.6) is 5.75 Å². The highest BCUT2D eigenvalue weighted by atomic mass is 16.5. The third-order valence-electron chi connectivity index (χ3n) is 5.81. The van der Waals surface area contributed by atoms with Gasteiger partial charge in [0.15, 0.2) is 0 Å². The quantitative estimate of drug-likeness (QED) is 0.512. The van der Waals surface area contributed by atoms with Gasteiger partial charge in [0.1, 0.15) is 17.5 Å². The van der Waals surface area contributed by atoms with Crippen molar-refractivity contribution in [3.8, 4) is 17.0 Å². The van der Waals surface area contributed by atoms with Crippen LogP contribution in [0.3, 0.4) is 0 Å². The SMILES string of the molecule is COc1ccc(-c2cn(CC[C@H]3CC[C@@H](NC(=O)Cc4ccccn4)[C@H](CO)O3)nn2)cc1. The second kappa shape index (κ2) is 11.0. The number of nitrogens with one attached hydrogen (secondary N) is 1. The van der Waals surface area contributed by atoms with Gasteiger partial charge < -0.3 is 19.9 Å². The molecule has 0 radical (unpaired) electrons. The summed E-state index contributed by atoms with van der Waals surface area (Å²) in [5, 5.41) is 21.3. The number of aliphatic hydroxyl groups is 1. The Hall–Kier alpha value is -3.30. The number of carbonyl (C=O) groups excluding carboxylic acids is 1. The number of aryl methyl sites for hydroxylation is 1. The largest absolute Gasteiger partial charge is 0.497 e. The lowest BCUT2D eigenvalue weighted by molar-refractivity contribution is -0.128. The zero-order valence-electron chi connectivity index (χ0n) is 18.6. The second-order valence-electron chi connectivity index (χ2n) is 8.11. The van der Waals surface area contributed by atoms with Gasteiger partial charge in [-0.2, -0.15) is 0 Å². The average Bonchev–Trinajstić information content (AvgIpc) is 3.33. The molecule has 3 atom stereocenters. The van der Waals surface area contributed by atoms with Crippen LogP contribution in [0.15, 0.2) is 54.9 Å². The molecule has 0 aliphatic carbocycles. The summed E-state index contributed by atoms with van der Waals surface area (Å²) >= 11 is 0. The number of amides is 1. The van der Waals surface area contributed by atoms with E-state index < -0.39 is 6.10 Å². The molecule has 1 aliphatic rings. The van der Waals surface area contributed by atoms with Crippen molar-refractivity contribution in [2.75, 3.05) is 13.7 Å². The van der Waals surface area contributed by atoms with Crippen LogP contribution >= 0.6 is 0 Å². The summed E-state index contributed by atoms with van der Waals surface area (Å²) in [4.78, 5) is 16.6. The Balaban J connectivity index is 1.26. The zero-order chi connectivity index (χ0) is 23.0. The van der Waals surface area contributed by atoms with Gasteiger partial charge in [0.05, 0.1) is 38.5 Å². The van der Waals surface area contributed by atoms with E-state index in [0.717, 1.165) is 36.3 Å². The summed E-state index contributed by atoms with van der Waals surface area (Å²) in [5.74, 6) is 0.679. The Morgan fingerprint density at radius 3 is 2.82 bits per heavy atom. The molecular weight excluding hydrogens is 422 g/mol. The third kappa shape index (κ3) is 6.15. The van der Waals surface area contributed by atoms with Crippen molar-refractivity contribution in [1.82, 2.24) is 25.3 Å². The molecule has 2 aromatic heterocycles. The standard InChI is InChI=1S/C24H29N5O4/c1-32-19-7-5-17(6-8-19)22-15-29(28-27-22)13-11-20-9-10-21(23(16-30)33-20)26-24(31)14-18-4-2-3-12-25-18/h2-8,12,15,20-21,23,30H,9-11,13-14,16H2,1H3,(H,26,31)/t20-,21-,23+/m1/s1. The Kier molecular flexibility index (Phi) is 7.64. The number of aliphatic hydroxyl groups excluding tert-OH is 1. The summed E-state index contributed by atoms with van der Waals surface area (Å²) in [6.07, 6.45) is 5.64. The fraction of sp³-hybridized carbons (Fsp3) is 0.417. The molecular formula is C24H29N5O4. The average molecular weight is 452 g/mol. The van der Waals surface area contributed by atoms with Gasteiger partial charge in [-0.15, -0.1) is 5.10 Å². The van der Waals surface area contributed by atoms with Crippen LogP contribution in [0.1, 0.15) is 25.0 Å². The lowest BCUT2D eigenvalue weighted by Crippen LogP contribution is -2.51. The monoisotopic (exact) mass is 451 g/mol. The summed E-state index contributed by atoms with van der Waals surface area (Å²) in [5.41, 5.74) is 2.48. The minimum absolute atomic E-state index is 0.0141. The van der Waals surface area contributed by atoms with Crippen molar-refractivity contribution in [2.24, 2.45) is 0 Å². The number of rotatable bonds is 9. The molecule has 0 bridgehead atoms. The lowest BCUT2D eigenvalue weighted by atomic mass is 9.97. The van der Waals surface area contributed by atoms with E-state index in [1.165, 1.54) is 0 Å². The first-order valence-electron chi connectivity index (χ1n) is 11.1. The number of carbonyl (C=O) groups is 1. The summed E-state index contributed by atoms with van der Waals surface area (Å²) in [6, 6.07) is 13.0. The highest BCUT2D eigenvalue weighted by molar-refractivity contribution is 5.78. The maximum atomic E-state index is 12.4. The van der Waals surface area contributed by atoms with E-state index in [1.54, 1.807) is 18.0 Å². The molecule has 4 rings (SSSR count). The van der Waals surface area contributed by atoms with Crippen molar-refractivity contribution in [1.29, 1.82) is 0 Å².